The number of piperazine rings is 1. The van der Waals surface area contributed by atoms with Crippen LogP contribution in [0.15, 0.2) is 0 Å². The van der Waals surface area contributed by atoms with Gasteiger partial charge in [-0.15, -0.1) is 0 Å². The number of unbranched alkanes of at least 4 members (excludes halogenated alkanes) is 1. The number of nitrogens with one attached hydrogen (secondary N) is 1. The number of nitrogens with zero attached hydrogens (tertiary/aromatic N) is 3. The van der Waals surface area contributed by atoms with E-state index < -0.39 is 5.54 Å². The van der Waals surface area contributed by atoms with Gasteiger partial charge in [-0.05, 0) is 27.2 Å². The number of rotatable bonds is 6. The fraction of sp³-hybridized carbons (Fsp3) is 0.867. The third-order valence-electron chi connectivity index (χ3n) is 4.14. The molecule has 0 radical (unpaired) electrons. The molecule has 0 aliphatic carbocycles. The first-order chi connectivity index (χ1) is 9.42. The molecule has 0 aromatic heterocycles. The van der Waals surface area contributed by atoms with Crippen molar-refractivity contribution in [3.63, 3.8) is 0 Å². The molecule has 1 N–H and O–H groups in total. The van der Waals surface area contributed by atoms with Gasteiger partial charge < -0.3 is 5.32 Å². The highest BCUT2D eigenvalue weighted by molar-refractivity contribution is 5.81. The Kier molecular flexibility index (Phi) is 6.44. The molecule has 1 atom stereocenters. The van der Waals surface area contributed by atoms with Crippen molar-refractivity contribution in [1.82, 2.24) is 15.1 Å². The van der Waals surface area contributed by atoms with Crippen LogP contribution in [-0.4, -0.2) is 60.0 Å². The van der Waals surface area contributed by atoms with Crippen LogP contribution in [0.4, 0.5) is 0 Å². The Hall–Kier alpha value is -1.12. The highest BCUT2D eigenvalue weighted by atomic mass is 16.2. The largest absolute Gasteiger partial charge is 0.355 e. The lowest BCUT2D eigenvalue weighted by Gasteiger charge is -2.42. The highest BCUT2D eigenvalue weighted by Gasteiger charge is 2.32. The molecule has 1 aliphatic heterocycles. The van der Waals surface area contributed by atoms with Gasteiger partial charge in [-0.25, -0.2) is 0 Å². The second-order valence-electron chi connectivity index (χ2n) is 6.01. The first-order valence-corrected chi connectivity index (χ1v) is 7.60. The van der Waals surface area contributed by atoms with E-state index in [0.29, 0.717) is 0 Å². The molecule has 1 unspecified atom stereocenters. The van der Waals surface area contributed by atoms with E-state index in [9.17, 15) is 4.79 Å². The van der Waals surface area contributed by atoms with Gasteiger partial charge in [0, 0.05) is 32.7 Å². The van der Waals surface area contributed by atoms with Gasteiger partial charge in [-0.3, -0.25) is 14.6 Å². The lowest BCUT2D eigenvalue weighted by atomic mass is 10.0. The van der Waals surface area contributed by atoms with E-state index in [2.05, 4.69) is 28.1 Å². The zero-order chi connectivity index (χ0) is 15.2. The SMILES string of the molecule is CCCCNC(=O)C(C)N1CCN(C(C)(C)C#N)CC1. The molecule has 1 heterocycles. The van der Waals surface area contributed by atoms with Crippen molar-refractivity contribution in [2.45, 2.75) is 52.1 Å². The van der Waals surface area contributed by atoms with Crippen molar-refractivity contribution in [3.05, 3.63) is 0 Å². The van der Waals surface area contributed by atoms with E-state index in [-0.39, 0.29) is 11.9 Å². The van der Waals surface area contributed by atoms with E-state index in [1.807, 2.05) is 20.8 Å². The lowest BCUT2D eigenvalue weighted by molar-refractivity contribution is -0.126. The molecule has 0 spiro atoms. The number of hydrogen-bond donors (Lipinski definition) is 1. The van der Waals surface area contributed by atoms with Crippen molar-refractivity contribution in [2.24, 2.45) is 0 Å². The molecular weight excluding hydrogens is 252 g/mol. The maximum atomic E-state index is 12.0. The normalized spacial score (nSPS) is 19.4. The van der Waals surface area contributed by atoms with Crippen LogP contribution >= 0.6 is 0 Å². The van der Waals surface area contributed by atoms with Crippen LogP contribution in [0, 0.1) is 11.3 Å². The maximum absolute atomic E-state index is 12.0. The monoisotopic (exact) mass is 280 g/mol. The van der Waals surface area contributed by atoms with E-state index >= 15 is 0 Å². The smallest absolute Gasteiger partial charge is 0.237 e. The molecule has 5 heteroatoms. The van der Waals surface area contributed by atoms with Gasteiger partial charge >= 0.3 is 0 Å². The Morgan fingerprint density at radius 2 is 1.95 bits per heavy atom. The van der Waals surface area contributed by atoms with Gasteiger partial charge in [0.25, 0.3) is 0 Å². The molecule has 114 valence electrons. The van der Waals surface area contributed by atoms with Crippen LogP contribution in [-0.2, 0) is 4.79 Å². The van der Waals surface area contributed by atoms with Crippen molar-refractivity contribution in [2.75, 3.05) is 32.7 Å². The van der Waals surface area contributed by atoms with Crippen molar-refractivity contribution >= 4 is 5.91 Å². The van der Waals surface area contributed by atoms with Crippen LogP contribution in [0.2, 0.25) is 0 Å². The summed E-state index contributed by atoms with van der Waals surface area (Å²) in [4.78, 5) is 16.4. The average Bonchev–Trinajstić information content (AvgIpc) is 2.46. The predicted molar refractivity (Wildman–Crippen MR) is 80.2 cm³/mol. The summed E-state index contributed by atoms with van der Waals surface area (Å²) >= 11 is 0. The number of hydrogen-bond acceptors (Lipinski definition) is 4. The Morgan fingerprint density at radius 3 is 2.45 bits per heavy atom. The molecule has 0 saturated carbocycles. The Balaban J connectivity index is 2.41. The lowest BCUT2D eigenvalue weighted by Crippen LogP contribution is -2.58. The molecule has 0 aromatic rings. The molecule has 5 nitrogen and oxygen atoms in total. The molecule has 0 bridgehead atoms. The summed E-state index contributed by atoms with van der Waals surface area (Å²) in [6.07, 6.45) is 2.12. The van der Waals surface area contributed by atoms with Crippen molar-refractivity contribution in [1.29, 1.82) is 5.26 Å². The van der Waals surface area contributed by atoms with Gasteiger partial charge in [0.2, 0.25) is 5.91 Å². The fourth-order valence-electron chi connectivity index (χ4n) is 2.44. The van der Waals surface area contributed by atoms with E-state index in [4.69, 9.17) is 5.26 Å². The highest BCUT2D eigenvalue weighted by Crippen LogP contribution is 2.17. The number of amides is 1. The topological polar surface area (TPSA) is 59.4 Å². The quantitative estimate of drug-likeness (QED) is 0.743. The minimum atomic E-state index is -0.418. The maximum Gasteiger partial charge on any atom is 0.237 e. The molecule has 0 aromatic carbocycles. The zero-order valence-electron chi connectivity index (χ0n) is 13.3. The van der Waals surface area contributed by atoms with Crippen LogP contribution in [0.5, 0.6) is 0 Å². The summed E-state index contributed by atoms with van der Waals surface area (Å²) in [6.45, 7) is 12.1. The average molecular weight is 280 g/mol. The third-order valence-corrected chi connectivity index (χ3v) is 4.14. The van der Waals surface area contributed by atoms with Crippen LogP contribution in [0.25, 0.3) is 0 Å². The molecule has 1 aliphatic rings. The van der Waals surface area contributed by atoms with E-state index in [1.54, 1.807) is 0 Å². The summed E-state index contributed by atoms with van der Waals surface area (Å²) in [7, 11) is 0. The van der Waals surface area contributed by atoms with E-state index in [0.717, 1.165) is 45.6 Å². The third kappa shape index (κ3) is 4.46. The summed E-state index contributed by atoms with van der Waals surface area (Å²) in [5.41, 5.74) is -0.418. The minimum Gasteiger partial charge on any atom is -0.355 e. The number of nitriles is 1. The predicted octanol–water partition coefficient (Wildman–Crippen LogP) is 1.21. The van der Waals surface area contributed by atoms with E-state index in [1.165, 1.54) is 0 Å². The molecule has 1 amide bonds. The van der Waals surface area contributed by atoms with Crippen LogP contribution in [0.1, 0.15) is 40.5 Å². The molecule has 1 saturated heterocycles. The fourth-order valence-corrected chi connectivity index (χ4v) is 2.44. The molecule has 1 rings (SSSR count). The molecular formula is C15H28N4O. The van der Waals surface area contributed by atoms with Gasteiger partial charge in [-0.1, -0.05) is 13.3 Å². The van der Waals surface area contributed by atoms with Crippen LogP contribution in [0.3, 0.4) is 0 Å². The second kappa shape index (κ2) is 7.61. The standard InChI is InChI=1S/C15H28N4O/c1-5-6-7-17-14(20)13(2)18-8-10-19(11-9-18)15(3,4)12-16/h13H,5-11H2,1-4H3,(H,17,20). The van der Waals surface area contributed by atoms with Gasteiger partial charge in [-0.2, -0.15) is 5.26 Å². The second-order valence-corrected chi connectivity index (χ2v) is 6.01. The molecule has 1 fully saturated rings. The summed E-state index contributed by atoms with van der Waals surface area (Å²) < 4.78 is 0. The number of carbonyl (C=O) groups excluding carboxylic acids is 1. The Labute approximate surface area is 122 Å². The number of carbonyl (C=O) groups is 1. The summed E-state index contributed by atoms with van der Waals surface area (Å²) in [5.74, 6) is 0.117. The first kappa shape index (κ1) is 16.9. The first-order valence-electron chi connectivity index (χ1n) is 7.60. The minimum absolute atomic E-state index is 0.0841. The summed E-state index contributed by atoms with van der Waals surface area (Å²) in [6, 6.07) is 2.26. The van der Waals surface area contributed by atoms with Crippen LogP contribution < -0.4 is 5.32 Å². The Bertz CT molecular complexity index is 353. The Morgan fingerprint density at radius 1 is 1.35 bits per heavy atom. The zero-order valence-corrected chi connectivity index (χ0v) is 13.3. The molecule has 20 heavy (non-hydrogen) atoms. The summed E-state index contributed by atoms with van der Waals surface area (Å²) in [5, 5.41) is 12.1. The van der Waals surface area contributed by atoms with Crippen molar-refractivity contribution < 1.29 is 4.79 Å². The van der Waals surface area contributed by atoms with Gasteiger partial charge in [0.05, 0.1) is 12.1 Å². The van der Waals surface area contributed by atoms with Gasteiger partial charge in [0.15, 0.2) is 0 Å². The van der Waals surface area contributed by atoms with Gasteiger partial charge in [0.1, 0.15) is 5.54 Å². The van der Waals surface area contributed by atoms with Crippen molar-refractivity contribution in [3.8, 4) is 6.07 Å².